The maximum absolute atomic E-state index is 12.4. The quantitative estimate of drug-likeness (QED) is 0.751. The predicted molar refractivity (Wildman–Crippen MR) is 72.9 cm³/mol. The van der Waals surface area contributed by atoms with Gasteiger partial charge in [-0.1, -0.05) is 37.6 Å². The van der Waals surface area contributed by atoms with Gasteiger partial charge in [0.1, 0.15) is 0 Å². The molecule has 4 heteroatoms. The first-order valence-corrected chi connectivity index (χ1v) is 6.54. The van der Waals surface area contributed by atoms with E-state index in [2.05, 4.69) is 12.2 Å². The van der Waals surface area contributed by atoms with Gasteiger partial charge in [-0.25, -0.2) is 0 Å². The van der Waals surface area contributed by atoms with E-state index in [9.17, 15) is 13.2 Å². The van der Waals surface area contributed by atoms with E-state index in [-0.39, 0.29) is 0 Å². The van der Waals surface area contributed by atoms with Crippen LogP contribution in [0, 0.1) is 0 Å². The van der Waals surface area contributed by atoms with Crippen molar-refractivity contribution in [2.24, 2.45) is 0 Å². The number of hydrogen-bond donors (Lipinski definition) is 1. The molecule has 1 nitrogen and oxygen atoms in total. The molecule has 0 radical (unpaired) electrons. The van der Waals surface area contributed by atoms with Gasteiger partial charge in [-0.05, 0) is 37.1 Å². The SMILES string of the molecule is CCCNCC(=Cc1ccc(C(F)(F)F)cc1)CC. The lowest BCUT2D eigenvalue weighted by Crippen LogP contribution is -2.17. The summed E-state index contributed by atoms with van der Waals surface area (Å²) in [4.78, 5) is 0. The molecule has 0 aliphatic carbocycles. The fraction of sp³-hybridized carbons (Fsp3) is 0.467. The monoisotopic (exact) mass is 271 g/mol. The zero-order valence-electron chi connectivity index (χ0n) is 11.3. The largest absolute Gasteiger partial charge is 0.416 e. The maximum atomic E-state index is 12.4. The zero-order valence-corrected chi connectivity index (χ0v) is 11.3. The van der Waals surface area contributed by atoms with Crippen LogP contribution >= 0.6 is 0 Å². The zero-order chi connectivity index (χ0) is 14.3. The van der Waals surface area contributed by atoms with E-state index in [1.165, 1.54) is 17.7 Å². The maximum Gasteiger partial charge on any atom is 0.416 e. The van der Waals surface area contributed by atoms with Gasteiger partial charge in [0.05, 0.1) is 5.56 Å². The molecule has 1 aromatic rings. The van der Waals surface area contributed by atoms with Crippen LogP contribution in [0.15, 0.2) is 29.8 Å². The van der Waals surface area contributed by atoms with Gasteiger partial charge in [-0.2, -0.15) is 13.2 Å². The van der Waals surface area contributed by atoms with E-state index in [1.807, 2.05) is 13.0 Å². The third-order valence-electron chi connectivity index (χ3n) is 2.84. The van der Waals surface area contributed by atoms with Crippen molar-refractivity contribution in [3.63, 3.8) is 0 Å². The van der Waals surface area contributed by atoms with Gasteiger partial charge in [0.2, 0.25) is 0 Å². The Hall–Kier alpha value is -1.29. The standard InChI is InChI=1S/C15H20F3N/c1-3-9-19-11-12(4-2)10-13-5-7-14(8-6-13)15(16,17)18/h5-8,10,19H,3-4,9,11H2,1-2H3. The molecule has 0 aromatic heterocycles. The van der Waals surface area contributed by atoms with Crippen molar-refractivity contribution in [1.29, 1.82) is 0 Å². The molecule has 0 bridgehead atoms. The third kappa shape index (κ3) is 5.47. The summed E-state index contributed by atoms with van der Waals surface area (Å²) in [6.45, 7) is 5.87. The average Bonchev–Trinajstić information content (AvgIpc) is 2.37. The molecule has 0 unspecified atom stereocenters. The second-order valence-corrected chi connectivity index (χ2v) is 4.45. The molecule has 0 spiro atoms. The van der Waals surface area contributed by atoms with Crippen LogP contribution in [-0.4, -0.2) is 13.1 Å². The Balaban J connectivity index is 2.73. The highest BCUT2D eigenvalue weighted by molar-refractivity contribution is 5.53. The fourth-order valence-corrected chi connectivity index (χ4v) is 1.71. The first-order chi connectivity index (χ1) is 8.97. The molecular formula is C15H20F3N. The Morgan fingerprint density at radius 1 is 1.16 bits per heavy atom. The van der Waals surface area contributed by atoms with Crippen LogP contribution < -0.4 is 5.32 Å². The summed E-state index contributed by atoms with van der Waals surface area (Å²) in [5, 5.41) is 3.29. The normalized spacial score (nSPS) is 12.8. The van der Waals surface area contributed by atoms with Gasteiger partial charge < -0.3 is 5.32 Å². The minimum atomic E-state index is -4.27. The van der Waals surface area contributed by atoms with Crippen molar-refractivity contribution >= 4 is 6.08 Å². The van der Waals surface area contributed by atoms with Crippen molar-refractivity contribution in [3.8, 4) is 0 Å². The van der Waals surface area contributed by atoms with E-state index in [4.69, 9.17) is 0 Å². The van der Waals surface area contributed by atoms with Crippen LogP contribution in [0.4, 0.5) is 13.2 Å². The van der Waals surface area contributed by atoms with E-state index < -0.39 is 11.7 Å². The molecule has 0 heterocycles. The molecule has 1 aromatic carbocycles. The molecule has 106 valence electrons. The number of hydrogen-bond acceptors (Lipinski definition) is 1. The molecule has 0 fully saturated rings. The summed E-state index contributed by atoms with van der Waals surface area (Å²) in [6, 6.07) is 5.27. The first kappa shape index (κ1) is 15.8. The topological polar surface area (TPSA) is 12.0 Å². The second kappa shape index (κ2) is 7.34. The first-order valence-electron chi connectivity index (χ1n) is 6.54. The Kier molecular flexibility index (Phi) is 6.09. The van der Waals surface area contributed by atoms with Crippen molar-refractivity contribution in [2.75, 3.05) is 13.1 Å². The molecule has 0 saturated carbocycles. The number of nitrogens with one attached hydrogen (secondary N) is 1. The number of halogens is 3. The van der Waals surface area contributed by atoms with Crippen molar-refractivity contribution in [3.05, 3.63) is 41.0 Å². The van der Waals surface area contributed by atoms with E-state index in [1.54, 1.807) is 0 Å². The summed E-state index contributed by atoms with van der Waals surface area (Å²) >= 11 is 0. The van der Waals surface area contributed by atoms with Crippen molar-refractivity contribution in [1.82, 2.24) is 5.32 Å². The van der Waals surface area contributed by atoms with Crippen LogP contribution in [0.1, 0.15) is 37.8 Å². The average molecular weight is 271 g/mol. The smallest absolute Gasteiger partial charge is 0.313 e. The Morgan fingerprint density at radius 2 is 1.79 bits per heavy atom. The summed E-state index contributed by atoms with van der Waals surface area (Å²) in [6.07, 6.45) is -0.365. The molecule has 0 atom stereocenters. The van der Waals surface area contributed by atoms with Gasteiger partial charge >= 0.3 is 6.18 Å². The van der Waals surface area contributed by atoms with E-state index >= 15 is 0 Å². The third-order valence-corrected chi connectivity index (χ3v) is 2.84. The highest BCUT2D eigenvalue weighted by atomic mass is 19.4. The van der Waals surface area contributed by atoms with Gasteiger partial charge in [-0.3, -0.25) is 0 Å². The molecule has 19 heavy (non-hydrogen) atoms. The lowest BCUT2D eigenvalue weighted by Gasteiger charge is -2.08. The van der Waals surface area contributed by atoms with Crippen LogP contribution in [0.5, 0.6) is 0 Å². The van der Waals surface area contributed by atoms with E-state index in [0.29, 0.717) is 0 Å². The van der Waals surface area contributed by atoms with Gasteiger partial charge in [0, 0.05) is 6.54 Å². The minimum Gasteiger partial charge on any atom is -0.313 e. The van der Waals surface area contributed by atoms with Gasteiger partial charge in [0.25, 0.3) is 0 Å². The fourth-order valence-electron chi connectivity index (χ4n) is 1.71. The summed E-state index contributed by atoms with van der Waals surface area (Å²) in [5.74, 6) is 0. The number of rotatable bonds is 6. The summed E-state index contributed by atoms with van der Waals surface area (Å²) in [5.41, 5.74) is 1.39. The molecular weight excluding hydrogens is 251 g/mol. The molecule has 0 amide bonds. The number of benzene rings is 1. The van der Waals surface area contributed by atoms with Crippen LogP contribution in [0.25, 0.3) is 6.08 Å². The van der Waals surface area contributed by atoms with Crippen LogP contribution in [0.2, 0.25) is 0 Å². The van der Waals surface area contributed by atoms with Crippen LogP contribution in [-0.2, 0) is 6.18 Å². The predicted octanol–water partition coefficient (Wildman–Crippen LogP) is 4.50. The Morgan fingerprint density at radius 3 is 2.26 bits per heavy atom. The highest BCUT2D eigenvalue weighted by Crippen LogP contribution is 2.29. The Bertz CT molecular complexity index is 404. The molecule has 1 N–H and O–H groups in total. The van der Waals surface area contributed by atoms with Crippen molar-refractivity contribution in [2.45, 2.75) is 32.9 Å². The Labute approximate surface area is 112 Å². The molecule has 0 saturated heterocycles. The van der Waals surface area contributed by atoms with Crippen molar-refractivity contribution < 1.29 is 13.2 Å². The number of alkyl halides is 3. The lowest BCUT2D eigenvalue weighted by molar-refractivity contribution is -0.137. The molecule has 0 aliphatic rings. The van der Waals surface area contributed by atoms with Gasteiger partial charge in [0.15, 0.2) is 0 Å². The highest BCUT2D eigenvalue weighted by Gasteiger charge is 2.29. The lowest BCUT2D eigenvalue weighted by atomic mass is 10.1. The molecule has 0 aliphatic heterocycles. The molecule has 1 rings (SSSR count). The second-order valence-electron chi connectivity index (χ2n) is 4.45. The summed E-state index contributed by atoms with van der Waals surface area (Å²) < 4.78 is 37.3. The minimum absolute atomic E-state index is 0.605. The van der Waals surface area contributed by atoms with Gasteiger partial charge in [-0.15, -0.1) is 0 Å². The summed E-state index contributed by atoms with van der Waals surface area (Å²) in [7, 11) is 0. The van der Waals surface area contributed by atoms with Crippen LogP contribution in [0.3, 0.4) is 0 Å². The van der Waals surface area contributed by atoms with E-state index in [0.717, 1.165) is 43.6 Å².